The highest BCUT2D eigenvalue weighted by Crippen LogP contribution is 2.30. The molecular weight excluding hydrogens is 390 g/mol. The molecule has 0 radical (unpaired) electrons. The van der Waals surface area contributed by atoms with Gasteiger partial charge in [0.15, 0.2) is 0 Å². The van der Waals surface area contributed by atoms with Crippen LogP contribution in [0.25, 0.3) is 10.1 Å². The van der Waals surface area contributed by atoms with E-state index in [0.717, 1.165) is 23.2 Å². The molecule has 0 aliphatic carbocycles. The number of likely N-dealkylation sites (tertiary alicyclic amines) is 1. The number of rotatable bonds is 4. The standard InChI is InChI=1S/C21H19N3O4S/c25-20(22-16-6-2-1-3-7-16)14-5-4-10-23(13-14)21(26)19-12-15-11-17(24(27)28)8-9-18(15)29-19/h1-3,6-9,11-12,14H,4-5,10,13H2,(H,22,25)/t14-/m0/s1. The lowest BCUT2D eigenvalue weighted by Gasteiger charge is -2.31. The van der Waals surface area contributed by atoms with Crippen LogP contribution in [0.3, 0.4) is 0 Å². The van der Waals surface area contributed by atoms with Crippen LogP contribution < -0.4 is 5.32 Å². The lowest BCUT2D eigenvalue weighted by Crippen LogP contribution is -2.43. The minimum atomic E-state index is -0.445. The van der Waals surface area contributed by atoms with Gasteiger partial charge in [-0.05, 0) is 37.1 Å². The SMILES string of the molecule is O=C(Nc1ccccc1)[C@H]1CCCN(C(=O)c2cc3cc([N+](=O)[O-])ccc3s2)C1. The van der Waals surface area contributed by atoms with E-state index < -0.39 is 4.92 Å². The molecule has 2 amide bonds. The number of hydrogen-bond acceptors (Lipinski definition) is 5. The number of para-hydroxylation sites is 1. The summed E-state index contributed by atoms with van der Waals surface area (Å²) in [4.78, 5) is 38.3. The lowest BCUT2D eigenvalue weighted by atomic mass is 9.97. The molecule has 2 heterocycles. The minimum absolute atomic E-state index is 0.00455. The molecule has 8 heteroatoms. The molecule has 1 aromatic heterocycles. The van der Waals surface area contributed by atoms with Gasteiger partial charge in [0.05, 0.1) is 15.7 Å². The van der Waals surface area contributed by atoms with Gasteiger partial charge in [-0.2, -0.15) is 0 Å². The fraction of sp³-hybridized carbons (Fsp3) is 0.238. The van der Waals surface area contributed by atoms with Gasteiger partial charge in [-0.25, -0.2) is 0 Å². The van der Waals surface area contributed by atoms with E-state index in [1.165, 1.54) is 23.5 Å². The van der Waals surface area contributed by atoms with E-state index in [9.17, 15) is 19.7 Å². The van der Waals surface area contributed by atoms with Gasteiger partial charge >= 0.3 is 0 Å². The number of nitrogens with zero attached hydrogens (tertiary/aromatic N) is 2. The predicted molar refractivity (Wildman–Crippen MR) is 112 cm³/mol. The first-order valence-electron chi connectivity index (χ1n) is 9.34. The topological polar surface area (TPSA) is 92.6 Å². The average molecular weight is 409 g/mol. The number of carbonyl (C=O) groups is 2. The second kappa shape index (κ2) is 8.00. The van der Waals surface area contributed by atoms with E-state index in [1.54, 1.807) is 17.0 Å². The van der Waals surface area contributed by atoms with Crippen LogP contribution in [-0.2, 0) is 4.79 Å². The van der Waals surface area contributed by atoms with Gasteiger partial charge in [0.1, 0.15) is 0 Å². The van der Waals surface area contributed by atoms with Gasteiger partial charge in [0.25, 0.3) is 11.6 Å². The number of amides is 2. The van der Waals surface area contributed by atoms with Crippen molar-refractivity contribution in [2.45, 2.75) is 12.8 Å². The summed E-state index contributed by atoms with van der Waals surface area (Å²) >= 11 is 1.32. The summed E-state index contributed by atoms with van der Waals surface area (Å²) in [5.74, 6) is -0.477. The van der Waals surface area contributed by atoms with E-state index in [2.05, 4.69) is 5.32 Å². The quantitative estimate of drug-likeness (QED) is 0.514. The van der Waals surface area contributed by atoms with Crippen molar-refractivity contribution < 1.29 is 14.5 Å². The fourth-order valence-corrected chi connectivity index (χ4v) is 4.56. The molecule has 3 aromatic rings. The summed E-state index contributed by atoms with van der Waals surface area (Å²) in [6.45, 7) is 0.967. The van der Waals surface area contributed by atoms with Crippen molar-refractivity contribution in [2.75, 3.05) is 18.4 Å². The number of thiophene rings is 1. The van der Waals surface area contributed by atoms with Crippen molar-refractivity contribution in [3.05, 3.63) is 69.6 Å². The summed E-state index contributed by atoms with van der Waals surface area (Å²) in [5.41, 5.74) is 0.747. The van der Waals surface area contributed by atoms with Gasteiger partial charge in [0, 0.05) is 41.0 Å². The number of anilines is 1. The molecule has 0 unspecified atom stereocenters. The highest BCUT2D eigenvalue weighted by Gasteiger charge is 2.29. The third-order valence-electron chi connectivity index (χ3n) is 5.04. The zero-order chi connectivity index (χ0) is 20.4. The molecule has 1 atom stereocenters. The van der Waals surface area contributed by atoms with Crippen LogP contribution in [0, 0.1) is 16.0 Å². The smallest absolute Gasteiger partial charge is 0.270 e. The molecule has 1 N–H and O–H groups in total. The van der Waals surface area contributed by atoms with Crippen LogP contribution in [0.15, 0.2) is 54.6 Å². The number of benzene rings is 2. The molecule has 0 spiro atoms. The molecule has 7 nitrogen and oxygen atoms in total. The molecule has 1 fully saturated rings. The Labute approximate surface area is 171 Å². The van der Waals surface area contributed by atoms with E-state index in [1.807, 2.05) is 30.3 Å². The Balaban J connectivity index is 1.47. The number of nitro benzene ring substituents is 1. The van der Waals surface area contributed by atoms with E-state index in [0.29, 0.717) is 23.4 Å². The Bertz CT molecular complexity index is 1080. The molecular formula is C21H19N3O4S. The maximum atomic E-state index is 13.0. The molecule has 1 aliphatic heterocycles. The van der Waals surface area contributed by atoms with Crippen LogP contribution in [0.4, 0.5) is 11.4 Å². The van der Waals surface area contributed by atoms with Gasteiger partial charge < -0.3 is 10.2 Å². The predicted octanol–water partition coefficient (Wildman–Crippen LogP) is 4.30. The van der Waals surface area contributed by atoms with Crippen molar-refractivity contribution in [2.24, 2.45) is 5.92 Å². The van der Waals surface area contributed by atoms with E-state index >= 15 is 0 Å². The highest BCUT2D eigenvalue weighted by atomic mass is 32.1. The first-order chi connectivity index (χ1) is 14.0. The molecule has 0 saturated carbocycles. The van der Waals surface area contributed by atoms with Crippen molar-refractivity contribution in [1.82, 2.24) is 4.90 Å². The number of fused-ring (bicyclic) bond motifs is 1. The molecule has 4 rings (SSSR count). The summed E-state index contributed by atoms with van der Waals surface area (Å²) < 4.78 is 0.828. The van der Waals surface area contributed by atoms with Gasteiger partial charge in [-0.15, -0.1) is 11.3 Å². The highest BCUT2D eigenvalue weighted by molar-refractivity contribution is 7.20. The average Bonchev–Trinajstić information content (AvgIpc) is 3.17. The maximum absolute atomic E-state index is 13.0. The number of carbonyl (C=O) groups excluding carboxylic acids is 2. The lowest BCUT2D eigenvalue weighted by molar-refractivity contribution is -0.384. The van der Waals surface area contributed by atoms with Crippen LogP contribution >= 0.6 is 11.3 Å². The third-order valence-corrected chi connectivity index (χ3v) is 6.15. The first-order valence-corrected chi connectivity index (χ1v) is 10.2. The number of hydrogen-bond donors (Lipinski definition) is 1. The van der Waals surface area contributed by atoms with Crippen molar-refractivity contribution in [3.63, 3.8) is 0 Å². The van der Waals surface area contributed by atoms with Gasteiger partial charge in [-0.3, -0.25) is 19.7 Å². The third kappa shape index (κ3) is 4.12. The minimum Gasteiger partial charge on any atom is -0.337 e. The van der Waals surface area contributed by atoms with Gasteiger partial charge in [0.2, 0.25) is 5.91 Å². The largest absolute Gasteiger partial charge is 0.337 e. The normalized spacial score (nSPS) is 16.6. The van der Waals surface area contributed by atoms with E-state index in [-0.39, 0.29) is 23.4 Å². The van der Waals surface area contributed by atoms with Crippen LogP contribution in [-0.4, -0.2) is 34.7 Å². The summed E-state index contributed by atoms with van der Waals surface area (Å²) in [7, 11) is 0. The second-order valence-corrected chi connectivity index (χ2v) is 8.12. The number of nitrogens with one attached hydrogen (secondary N) is 1. The zero-order valence-electron chi connectivity index (χ0n) is 15.5. The molecule has 29 heavy (non-hydrogen) atoms. The van der Waals surface area contributed by atoms with E-state index in [4.69, 9.17) is 0 Å². The number of piperidine rings is 1. The second-order valence-electron chi connectivity index (χ2n) is 7.04. The van der Waals surface area contributed by atoms with Crippen LogP contribution in [0.5, 0.6) is 0 Å². The Kier molecular flexibility index (Phi) is 5.26. The fourth-order valence-electron chi connectivity index (χ4n) is 3.55. The van der Waals surface area contributed by atoms with Crippen molar-refractivity contribution in [1.29, 1.82) is 0 Å². The van der Waals surface area contributed by atoms with Crippen LogP contribution in [0.2, 0.25) is 0 Å². The zero-order valence-corrected chi connectivity index (χ0v) is 16.4. The summed E-state index contributed by atoms with van der Waals surface area (Å²) in [5, 5.41) is 14.6. The Morgan fingerprint density at radius 1 is 1.14 bits per heavy atom. The molecule has 1 saturated heterocycles. The van der Waals surface area contributed by atoms with Gasteiger partial charge in [-0.1, -0.05) is 18.2 Å². The number of non-ortho nitro benzene ring substituents is 1. The summed E-state index contributed by atoms with van der Waals surface area (Å²) in [6, 6.07) is 15.6. The van der Waals surface area contributed by atoms with Crippen molar-refractivity contribution in [3.8, 4) is 0 Å². The van der Waals surface area contributed by atoms with Crippen LogP contribution in [0.1, 0.15) is 22.5 Å². The number of nitro groups is 1. The monoisotopic (exact) mass is 409 g/mol. The molecule has 2 aromatic carbocycles. The first kappa shape index (κ1) is 19.1. The maximum Gasteiger partial charge on any atom is 0.270 e. The Morgan fingerprint density at radius 3 is 2.69 bits per heavy atom. The molecule has 1 aliphatic rings. The Morgan fingerprint density at radius 2 is 1.93 bits per heavy atom. The molecule has 148 valence electrons. The summed E-state index contributed by atoms with van der Waals surface area (Å²) in [6.07, 6.45) is 1.50. The van der Waals surface area contributed by atoms with Crippen molar-refractivity contribution >= 4 is 44.6 Å². The Hall–Kier alpha value is -3.26. The molecule has 0 bridgehead atoms.